The van der Waals surface area contributed by atoms with E-state index in [-0.39, 0.29) is 30.1 Å². The Hall–Kier alpha value is -4.21. The number of nitrogens with zero attached hydrogens (tertiary/aromatic N) is 1. The van der Waals surface area contributed by atoms with Crippen LogP contribution in [0.15, 0.2) is 60.7 Å². The Labute approximate surface area is 216 Å². The van der Waals surface area contributed by atoms with E-state index in [9.17, 15) is 31.9 Å². The number of hydrogen-bond acceptors (Lipinski definition) is 4. The van der Waals surface area contributed by atoms with Gasteiger partial charge in [-0.2, -0.15) is 13.2 Å². The van der Waals surface area contributed by atoms with Crippen molar-refractivity contribution in [2.75, 3.05) is 12.4 Å². The first-order valence-corrected chi connectivity index (χ1v) is 11.7. The monoisotopic (exact) mass is 528 g/mol. The van der Waals surface area contributed by atoms with Crippen LogP contribution in [0.3, 0.4) is 0 Å². The molecule has 0 bridgehead atoms. The van der Waals surface area contributed by atoms with E-state index in [1.807, 2.05) is 19.9 Å². The van der Waals surface area contributed by atoms with Crippen LogP contribution in [0.5, 0.6) is 0 Å². The molecule has 0 fully saturated rings. The molecule has 1 aliphatic heterocycles. The number of methoxy groups -OCH3 is 1. The van der Waals surface area contributed by atoms with E-state index < -0.39 is 41.0 Å². The lowest BCUT2D eigenvalue weighted by molar-refractivity contribution is -0.147. The number of carbonyl (C=O) groups excluding carboxylic acids is 3. The summed E-state index contributed by atoms with van der Waals surface area (Å²) in [6.07, 6.45) is -4.90. The first-order valence-electron chi connectivity index (χ1n) is 11.7. The van der Waals surface area contributed by atoms with Gasteiger partial charge in [0, 0.05) is 17.8 Å². The van der Waals surface area contributed by atoms with Gasteiger partial charge in [0.25, 0.3) is 11.8 Å². The number of carbonyl (C=O) groups is 3. The molecule has 4 rings (SSSR count). The van der Waals surface area contributed by atoms with Gasteiger partial charge in [-0.1, -0.05) is 38.1 Å². The van der Waals surface area contributed by atoms with Crippen LogP contribution in [0.2, 0.25) is 0 Å². The van der Waals surface area contributed by atoms with Crippen molar-refractivity contribution in [2.24, 2.45) is 5.92 Å². The van der Waals surface area contributed by atoms with Gasteiger partial charge in [0.1, 0.15) is 11.9 Å². The number of nitrogens with one attached hydrogen (secondary N) is 1. The molecule has 1 aliphatic rings. The minimum Gasteiger partial charge on any atom is -0.467 e. The molecule has 0 radical (unpaired) electrons. The molecule has 2 amide bonds. The Balaban J connectivity index is 1.53. The van der Waals surface area contributed by atoms with E-state index in [4.69, 9.17) is 4.74 Å². The van der Waals surface area contributed by atoms with Crippen LogP contribution < -0.4 is 5.32 Å². The van der Waals surface area contributed by atoms with Gasteiger partial charge in [0.15, 0.2) is 0 Å². The highest BCUT2D eigenvalue weighted by Crippen LogP contribution is 2.34. The standard InChI is InChI=1S/C28H24F4N2O4/c1-15(2)24(27(37)38-3)34-14-18-5-4-17(12-22(18)26(34)36)16-6-9-20(10-7-16)33-25(35)21-11-8-19(29)13-23(21)28(30,31)32/h4-13,15,24H,14H2,1-3H3,(H,33,35). The SMILES string of the molecule is COC(=O)C(C(C)C)N1Cc2ccc(-c3ccc(NC(=O)c4ccc(F)cc4C(F)(F)F)cc3)cc2C1=O. The molecule has 0 spiro atoms. The molecule has 3 aromatic rings. The van der Waals surface area contributed by atoms with Crippen LogP contribution in [-0.4, -0.2) is 35.8 Å². The van der Waals surface area contributed by atoms with Crippen molar-refractivity contribution in [2.45, 2.75) is 32.6 Å². The molecule has 1 heterocycles. The summed E-state index contributed by atoms with van der Waals surface area (Å²) in [6, 6.07) is 12.8. The fourth-order valence-corrected chi connectivity index (χ4v) is 4.50. The summed E-state index contributed by atoms with van der Waals surface area (Å²) < 4.78 is 58.0. The summed E-state index contributed by atoms with van der Waals surface area (Å²) in [6.45, 7) is 3.95. The summed E-state index contributed by atoms with van der Waals surface area (Å²) in [4.78, 5) is 39.4. The first kappa shape index (κ1) is 26.8. The molecule has 1 atom stereocenters. The number of ether oxygens (including phenoxy) is 1. The van der Waals surface area contributed by atoms with E-state index in [0.717, 1.165) is 17.7 Å². The van der Waals surface area contributed by atoms with Crippen molar-refractivity contribution in [3.8, 4) is 11.1 Å². The third-order valence-corrected chi connectivity index (χ3v) is 6.36. The zero-order chi connectivity index (χ0) is 27.8. The van der Waals surface area contributed by atoms with E-state index in [1.165, 1.54) is 24.1 Å². The summed E-state index contributed by atoms with van der Waals surface area (Å²) in [5.74, 6) is -3.04. The van der Waals surface area contributed by atoms with Crippen LogP contribution in [0.25, 0.3) is 11.1 Å². The summed E-state index contributed by atoms with van der Waals surface area (Å²) >= 11 is 0. The van der Waals surface area contributed by atoms with Crippen molar-refractivity contribution in [3.63, 3.8) is 0 Å². The molecular formula is C28H24F4N2O4. The lowest BCUT2D eigenvalue weighted by Crippen LogP contribution is -2.45. The molecule has 3 aromatic carbocycles. The number of amides is 2. The highest BCUT2D eigenvalue weighted by Gasteiger charge is 2.39. The van der Waals surface area contributed by atoms with Gasteiger partial charge < -0.3 is 15.0 Å². The average molecular weight is 529 g/mol. The fraction of sp³-hybridized carbons (Fsp3) is 0.250. The topological polar surface area (TPSA) is 75.7 Å². The Kier molecular flexibility index (Phi) is 7.26. The Morgan fingerprint density at radius 1 is 0.974 bits per heavy atom. The number of esters is 1. The van der Waals surface area contributed by atoms with Gasteiger partial charge in [-0.25, -0.2) is 9.18 Å². The predicted octanol–water partition coefficient (Wildman–Crippen LogP) is 5.92. The van der Waals surface area contributed by atoms with E-state index in [2.05, 4.69) is 5.32 Å². The number of alkyl halides is 3. The van der Waals surface area contributed by atoms with Gasteiger partial charge in [0.2, 0.25) is 0 Å². The molecule has 0 saturated carbocycles. The Bertz CT molecular complexity index is 1400. The molecule has 6 nitrogen and oxygen atoms in total. The van der Waals surface area contributed by atoms with Crippen molar-refractivity contribution < 1.29 is 36.7 Å². The van der Waals surface area contributed by atoms with Crippen LogP contribution >= 0.6 is 0 Å². The molecule has 38 heavy (non-hydrogen) atoms. The third-order valence-electron chi connectivity index (χ3n) is 6.36. The van der Waals surface area contributed by atoms with Gasteiger partial charge in [-0.3, -0.25) is 9.59 Å². The zero-order valence-electron chi connectivity index (χ0n) is 20.7. The molecule has 0 saturated heterocycles. The summed E-state index contributed by atoms with van der Waals surface area (Å²) in [7, 11) is 1.28. The number of fused-ring (bicyclic) bond motifs is 1. The minimum absolute atomic E-state index is 0.148. The Morgan fingerprint density at radius 3 is 2.24 bits per heavy atom. The van der Waals surface area contributed by atoms with E-state index in [0.29, 0.717) is 16.7 Å². The first-order chi connectivity index (χ1) is 17.9. The second kappa shape index (κ2) is 10.3. The second-order valence-corrected chi connectivity index (χ2v) is 9.24. The Morgan fingerprint density at radius 2 is 1.63 bits per heavy atom. The van der Waals surface area contributed by atoms with Crippen LogP contribution in [0, 0.1) is 11.7 Å². The highest BCUT2D eigenvalue weighted by molar-refractivity contribution is 6.05. The second-order valence-electron chi connectivity index (χ2n) is 9.24. The summed E-state index contributed by atoms with van der Waals surface area (Å²) in [5.41, 5.74) is 0.809. The van der Waals surface area contributed by atoms with Crippen molar-refractivity contribution in [3.05, 3.63) is 88.7 Å². The molecular weight excluding hydrogens is 504 g/mol. The number of halogens is 4. The van der Waals surface area contributed by atoms with Crippen LogP contribution in [0.1, 0.15) is 45.7 Å². The van der Waals surface area contributed by atoms with Crippen LogP contribution in [-0.2, 0) is 22.3 Å². The summed E-state index contributed by atoms with van der Waals surface area (Å²) in [5, 5.41) is 2.40. The number of rotatable bonds is 6. The molecule has 1 N–H and O–H groups in total. The predicted molar refractivity (Wildman–Crippen MR) is 132 cm³/mol. The minimum atomic E-state index is -4.90. The molecule has 10 heteroatoms. The van der Waals surface area contributed by atoms with Crippen LogP contribution in [0.4, 0.5) is 23.2 Å². The van der Waals surface area contributed by atoms with Crippen molar-refractivity contribution >= 4 is 23.5 Å². The molecule has 0 aromatic heterocycles. The number of anilines is 1. The molecule has 0 aliphatic carbocycles. The molecule has 1 unspecified atom stereocenters. The normalized spacial score (nSPS) is 13.9. The smallest absolute Gasteiger partial charge is 0.417 e. The zero-order valence-corrected chi connectivity index (χ0v) is 20.7. The largest absolute Gasteiger partial charge is 0.467 e. The maximum absolute atomic E-state index is 13.4. The fourth-order valence-electron chi connectivity index (χ4n) is 4.50. The van der Waals surface area contributed by atoms with Crippen molar-refractivity contribution in [1.29, 1.82) is 0 Å². The van der Waals surface area contributed by atoms with Gasteiger partial charge in [-0.05, 0) is 59.0 Å². The van der Waals surface area contributed by atoms with Gasteiger partial charge >= 0.3 is 12.1 Å². The number of benzene rings is 3. The van der Waals surface area contributed by atoms with E-state index >= 15 is 0 Å². The third kappa shape index (κ3) is 5.25. The maximum Gasteiger partial charge on any atom is 0.417 e. The highest BCUT2D eigenvalue weighted by atomic mass is 19.4. The number of hydrogen-bond donors (Lipinski definition) is 1. The maximum atomic E-state index is 13.4. The van der Waals surface area contributed by atoms with Gasteiger partial charge in [0.05, 0.1) is 18.2 Å². The quantitative estimate of drug-likeness (QED) is 0.319. The van der Waals surface area contributed by atoms with Crippen molar-refractivity contribution in [1.82, 2.24) is 4.90 Å². The van der Waals surface area contributed by atoms with E-state index in [1.54, 1.807) is 24.3 Å². The average Bonchev–Trinajstić information content (AvgIpc) is 3.18. The lowest BCUT2D eigenvalue weighted by atomic mass is 10.00. The molecule has 198 valence electrons. The van der Waals surface area contributed by atoms with Gasteiger partial charge in [-0.15, -0.1) is 0 Å². The lowest BCUT2D eigenvalue weighted by Gasteiger charge is -2.28.